The van der Waals surface area contributed by atoms with E-state index >= 15 is 0 Å². The summed E-state index contributed by atoms with van der Waals surface area (Å²) in [6, 6.07) is 0. The molecule has 5 heteroatoms. The number of cyclic esters (lactones) is 1. The van der Waals surface area contributed by atoms with Gasteiger partial charge in [0.2, 0.25) is 0 Å². The molecule has 0 bridgehead atoms. The zero-order valence-electron chi connectivity index (χ0n) is 7.95. The number of nitrogens with zero attached hydrogens (tertiary/aromatic N) is 2. The highest BCUT2D eigenvalue weighted by atomic mass is 16.5. The Morgan fingerprint density at radius 3 is 2.77 bits per heavy atom. The van der Waals surface area contributed by atoms with Gasteiger partial charge in [-0.1, -0.05) is 0 Å². The Morgan fingerprint density at radius 2 is 2.15 bits per heavy atom. The molecule has 1 amide bonds. The van der Waals surface area contributed by atoms with Crippen LogP contribution < -0.4 is 0 Å². The molecule has 13 heavy (non-hydrogen) atoms. The first-order valence-electron chi connectivity index (χ1n) is 4.22. The number of likely N-dealkylation sites (N-methyl/N-ethyl adjacent to an activating group) is 1. The second-order valence-electron chi connectivity index (χ2n) is 3.23. The van der Waals surface area contributed by atoms with E-state index in [9.17, 15) is 9.59 Å². The molecule has 1 aliphatic heterocycles. The van der Waals surface area contributed by atoms with Crippen LogP contribution in [0.25, 0.3) is 0 Å². The predicted molar refractivity (Wildman–Crippen MR) is 46.1 cm³/mol. The monoisotopic (exact) mass is 186 g/mol. The fraction of sp³-hybridized carbons (Fsp3) is 0.750. The van der Waals surface area contributed by atoms with Crippen LogP contribution in [0.15, 0.2) is 0 Å². The summed E-state index contributed by atoms with van der Waals surface area (Å²) in [5, 5.41) is 0. The van der Waals surface area contributed by atoms with E-state index in [1.165, 1.54) is 4.90 Å². The zero-order chi connectivity index (χ0) is 9.84. The van der Waals surface area contributed by atoms with Crippen molar-refractivity contribution in [1.29, 1.82) is 0 Å². The lowest BCUT2D eigenvalue weighted by Gasteiger charge is -2.26. The molecule has 0 radical (unpaired) electrons. The number of morpholine rings is 1. The Labute approximate surface area is 77.2 Å². The number of ether oxygens (including phenoxy) is 1. The molecule has 0 N–H and O–H groups in total. The van der Waals surface area contributed by atoms with E-state index in [4.69, 9.17) is 0 Å². The number of esters is 1. The number of carbonyl (C=O) groups excluding carboxylic acids is 2. The van der Waals surface area contributed by atoms with Crippen LogP contribution in [0.5, 0.6) is 0 Å². The van der Waals surface area contributed by atoms with Crippen LogP contribution in [-0.4, -0.2) is 62.0 Å². The minimum absolute atomic E-state index is 0.317. The summed E-state index contributed by atoms with van der Waals surface area (Å²) in [7, 11) is 3.85. The van der Waals surface area contributed by atoms with Crippen LogP contribution >= 0.6 is 0 Å². The number of amides is 1. The summed E-state index contributed by atoms with van der Waals surface area (Å²) < 4.78 is 4.58. The summed E-state index contributed by atoms with van der Waals surface area (Å²) >= 11 is 0. The van der Waals surface area contributed by atoms with Gasteiger partial charge in [-0.15, -0.1) is 0 Å². The third kappa shape index (κ3) is 2.69. The van der Waals surface area contributed by atoms with Crippen molar-refractivity contribution < 1.29 is 14.3 Å². The van der Waals surface area contributed by atoms with Crippen molar-refractivity contribution >= 4 is 11.9 Å². The first-order valence-corrected chi connectivity index (χ1v) is 4.22. The Kier molecular flexibility index (Phi) is 3.25. The number of carbonyl (C=O) groups is 2. The topological polar surface area (TPSA) is 49.9 Å². The average molecular weight is 186 g/mol. The molecule has 1 fully saturated rings. The number of rotatable bonds is 3. The third-order valence-electron chi connectivity index (χ3n) is 1.87. The van der Waals surface area contributed by atoms with Crippen molar-refractivity contribution in [1.82, 2.24) is 9.80 Å². The minimum Gasteiger partial charge on any atom is -0.457 e. The molecule has 0 aliphatic carbocycles. The van der Waals surface area contributed by atoms with E-state index in [1.54, 1.807) is 0 Å². The van der Waals surface area contributed by atoms with Crippen molar-refractivity contribution in [3.8, 4) is 0 Å². The molecule has 0 aromatic heterocycles. The molecule has 74 valence electrons. The Hall–Kier alpha value is -1.10. The van der Waals surface area contributed by atoms with Crippen LogP contribution in [0.3, 0.4) is 0 Å². The molecule has 0 saturated carbocycles. The predicted octanol–water partition coefficient (Wildman–Crippen LogP) is -1.07. The smallest absolute Gasteiger partial charge is 0.397 e. The van der Waals surface area contributed by atoms with Gasteiger partial charge in [-0.05, 0) is 14.1 Å². The maximum absolute atomic E-state index is 11.2. The van der Waals surface area contributed by atoms with E-state index in [2.05, 4.69) is 4.74 Å². The van der Waals surface area contributed by atoms with Crippen molar-refractivity contribution in [2.45, 2.75) is 0 Å². The maximum atomic E-state index is 11.2. The second-order valence-corrected chi connectivity index (χ2v) is 3.23. The second kappa shape index (κ2) is 4.23. The zero-order valence-corrected chi connectivity index (χ0v) is 7.95. The van der Waals surface area contributed by atoms with E-state index in [0.29, 0.717) is 19.7 Å². The van der Waals surface area contributed by atoms with Gasteiger partial charge >= 0.3 is 11.9 Å². The highest BCUT2D eigenvalue weighted by molar-refractivity contribution is 6.32. The molecular weight excluding hydrogens is 172 g/mol. The molecule has 0 aromatic carbocycles. The van der Waals surface area contributed by atoms with Crippen LogP contribution in [0, 0.1) is 0 Å². The normalized spacial score (nSPS) is 17.9. The molecule has 0 atom stereocenters. The maximum Gasteiger partial charge on any atom is 0.397 e. The lowest BCUT2D eigenvalue weighted by Crippen LogP contribution is -2.47. The lowest BCUT2D eigenvalue weighted by molar-refractivity contribution is -0.166. The van der Waals surface area contributed by atoms with E-state index < -0.39 is 11.9 Å². The fourth-order valence-electron chi connectivity index (χ4n) is 1.07. The Balaban J connectivity index is 2.40. The van der Waals surface area contributed by atoms with Crippen LogP contribution in [0.1, 0.15) is 0 Å². The molecule has 5 nitrogen and oxygen atoms in total. The van der Waals surface area contributed by atoms with Crippen molar-refractivity contribution in [2.24, 2.45) is 0 Å². The van der Waals surface area contributed by atoms with Gasteiger partial charge in [-0.2, -0.15) is 0 Å². The summed E-state index contributed by atoms with van der Waals surface area (Å²) in [6.07, 6.45) is 0. The van der Waals surface area contributed by atoms with Gasteiger partial charge in [0.1, 0.15) is 6.61 Å². The lowest BCUT2D eigenvalue weighted by atomic mass is 10.4. The van der Waals surface area contributed by atoms with Gasteiger partial charge < -0.3 is 14.5 Å². The number of hydrogen-bond donors (Lipinski definition) is 0. The van der Waals surface area contributed by atoms with Gasteiger partial charge in [0, 0.05) is 13.1 Å². The largest absolute Gasteiger partial charge is 0.457 e. The minimum atomic E-state index is -0.731. The highest BCUT2D eigenvalue weighted by Crippen LogP contribution is 1.99. The highest BCUT2D eigenvalue weighted by Gasteiger charge is 2.27. The number of hydrogen-bond acceptors (Lipinski definition) is 4. The SMILES string of the molecule is CN(C)CCN1CCOC(=O)C1=O. The van der Waals surface area contributed by atoms with Crippen LogP contribution in [0.2, 0.25) is 0 Å². The van der Waals surface area contributed by atoms with Gasteiger partial charge in [0.15, 0.2) is 0 Å². The fourth-order valence-corrected chi connectivity index (χ4v) is 1.07. The quantitative estimate of drug-likeness (QED) is 0.416. The van der Waals surface area contributed by atoms with E-state index in [-0.39, 0.29) is 0 Å². The van der Waals surface area contributed by atoms with Crippen LogP contribution in [0.4, 0.5) is 0 Å². The summed E-state index contributed by atoms with van der Waals surface area (Å²) in [6.45, 7) is 2.18. The standard InChI is InChI=1S/C8H14N2O3/c1-9(2)3-4-10-5-6-13-8(12)7(10)11/h3-6H2,1-2H3. The van der Waals surface area contributed by atoms with Gasteiger partial charge in [0.05, 0.1) is 6.54 Å². The molecule has 1 rings (SSSR count). The van der Waals surface area contributed by atoms with Gasteiger partial charge in [0.25, 0.3) is 0 Å². The summed E-state index contributed by atoms with van der Waals surface area (Å²) in [5.74, 6) is -1.25. The van der Waals surface area contributed by atoms with Crippen LogP contribution in [-0.2, 0) is 14.3 Å². The van der Waals surface area contributed by atoms with Crippen molar-refractivity contribution in [3.05, 3.63) is 0 Å². The van der Waals surface area contributed by atoms with Gasteiger partial charge in [-0.3, -0.25) is 4.79 Å². The van der Waals surface area contributed by atoms with E-state index in [0.717, 1.165) is 6.54 Å². The molecular formula is C8H14N2O3. The molecule has 1 heterocycles. The first kappa shape index (κ1) is 9.98. The van der Waals surface area contributed by atoms with Crippen molar-refractivity contribution in [3.63, 3.8) is 0 Å². The summed E-state index contributed by atoms with van der Waals surface area (Å²) in [5.41, 5.74) is 0. The Bertz CT molecular complexity index is 215. The molecule has 1 saturated heterocycles. The molecule has 0 unspecified atom stereocenters. The van der Waals surface area contributed by atoms with Gasteiger partial charge in [-0.25, -0.2) is 4.79 Å². The van der Waals surface area contributed by atoms with Crippen molar-refractivity contribution in [2.75, 3.05) is 40.3 Å². The average Bonchev–Trinajstić information content (AvgIpc) is 2.07. The first-order chi connectivity index (χ1) is 6.11. The summed E-state index contributed by atoms with van der Waals surface area (Å²) in [4.78, 5) is 25.5. The Morgan fingerprint density at radius 1 is 1.46 bits per heavy atom. The third-order valence-corrected chi connectivity index (χ3v) is 1.87. The molecule has 0 spiro atoms. The van der Waals surface area contributed by atoms with E-state index in [1.807, 2.05) is 19.0 Å². The molecule has 0 aromatic rings. The molecule has 1 aliphatic rings.